The van der Waals surface area contributed by atoms with Crippen LogP contribution in [0.1, 0.15) is 29.3 Å². The molecule has 1 fully saturated rings. The maximum Gasteiger partial charge on any atom is 0.434 e. The first-order valence-electron chi connectivity index (χ1n) is 10.6. The molecule has 0 bridgehead atoms. The van der Waals surface area contributed by atoms with Gasteiger partial charge in [-0.25, -0.2) is 9.38 Å². The van der Waals surface area contributed by atoms with Gasteiger partial charge in [0.2, 0.25) is 0 Å². The van der Waals surface area contributed by atoms with Crippen molar-refractivity contribution in [1.29, 1.82) is 0 Å². The lowest BCUT2D eigenvalue weighted by Gasteiger charge is -2.33. The number of allylic oxidation sites excluding steroid dienone is 3. The first-order valence-corrected chi connectivity index (χ1v) is 11.3. The number of fused-ring (bicyclic) bond motifs is 1. The zero-order chi connectivity index (χ0) is 24.8. The number of benzene rings is 1. The monoisotopic (exact) mass is 543 g/mol. The van der Waals surface area contributed by atoms with Gasteiger partial charge in [0, 0.05) is 32.0 Å². The highest BCUT2D eigenvalue weighted by atomic mass is 79.9. The summed E-state index contributed by atoms with van der Waals surface area (Å²) in [6.45, 7) is 2.36. The van der Waals surface area contributed by atoms with Gasteiger partial charge in [0.25, 0.3) is 5.91 Å². The van der Waals surface area contributed by atoms with Crippen LogP contribution in [-0.4, -0.2) is 71.3 Å². The summed E-state index contributed by atoms with van der Waals surface area (Å²) in [5, 5.41) is 10.5. The number of aliphatic hydroxyl groups excluding tert-OH is 1. The second kappa shape index (κ2) is 9.27. The summed E-state index contributed by atoms with van der Waals surface area (Å²) in [5.74, 6) is -1.35. The predicted molar refractivity (Wildman–Crippen MR) is 122 cm³/mol. The van der Waals surface area contributed by atoms with Crippen LogP contribution in [0.25, 0.3) is 5.57 Å². The van der Waals surface area contributed by atoms with Crippen molar-refractivity contribution in [3.63, 3.8) is 0 Å². The van der Waals surface area contributed by atoms with Crippen molar-refractivity contribution in [2.45, 2.75) is 37.8 Å². The number of amides is 1. The lowest BCUT2D eigenvalue weighted by atomic mass is 9.98. The van der Waals surface area contributed by atoms with E-state index in [1.54, 1.807) is 20.1 Å². The molecule has 0 aliphatic carbocycles. The number of halogens is 5. The van der Waals surface area contributed by atoms with E-state index in [-0.39, 0.29) is 28.6 Å². The lowest BCUT2D eigenvalue weighted by molar-refractivity contribution is -0.0933. The second-order valence-corrected chi connectivity index (χ2v) is 9.09. The summed E-state index contributed by atoms with van der Waals surface area (Å²) in [4.78, 5) is 19.5. The fourth-order valence-electron chi connectivity index (χ4n) is 4.18. The molecule has 0 saturated carbocycles. The Morgan fingerprint density at radius 1 is 1.32 bits per heavy atom. The molecule has 6 nitrogen and oxygen atoms in total. The number of nitrogens with zero attached hydrogens (tertiary/aromatic N) is 3. The van der Waals surface area contributed by atoms with Gasteiger partial charge in [-0.15, -0.1) is 0 Å². The van der Waals surface area contributed by atoms with E-state index in [4.69, 9.17) is 4.74 Å². The third-order valence-corrected chi connectivity index (χ3v) is 6.98. The maximum atomic E-state index is 15.0. The Morgan fingerprint density at radius 2 is 2.06 bits per heavy atom. The van der Waals surface area contributed by atoms with E-state index in [9.17, 15) is 23.1 Å². The van der Waals surface area contributed by atoms with Gasteiger partial charge in [0.05, 0.1) is 22.2 Å². The van der Waals surface area contributed by atoms with E-state index < -0.39 is 40.2 Å². The quantitative estimate of drug-likeness (QED) is 0.579. The highest BCUT2D eigenvalue weighted by molar-refractivity contribution is 9.11. The number of aliphatic hydroxyl groups is 1. The molecule has 1 aromatic rings. The highest BCUT2D eigenvalue weighted by Gasteiger charge is 2.43. The van der Waals surface area contributed by atoms with E-state index >= 15 is 4.39 Å². The van der Waals surface area contributed by atoms with Crippen LogP contribution in [0.3, 0.4) is 0 Å². The highest BCUT2D eigenvalue weighted by Crippen LogP contribution is 2.39. The van der Waals surface area contributed by atoms with Gasteiger partial charge in [-0.2, -0.15) is 13.2 Å². The average Bonchev–Trinajstić information content (AvgIpc) is 3.26. The second-order valence-electron chi connectivity index (χ2n) is 8.24. The van der Waals surface area contributed by atoms with Crippen LogP contribution < -0.4 is 0 Å². The molecule has 0 spiro atoms. The van der Waals surface area contributed by atoms with E-state index in [1.165, 1.54) is 34.2 Å². The van der Waals surface area contributed by atoms with Crippen molar-refractivity contribution in [1.82, 2.24) is 9.80 Å². The van der Waals surface area contributed by atoms with Gasteiger partial charge in [0.1, 0.15) is 17.8 Å². The van der Waals surface area contributed by atoms with Gasteiger partial charge in [-0.3, -0.25) is 4.79 Å². The zero-order valence-corrected chi connectivity index (χ0v) is 19.9. The van der Waals surface area contributed by atoms with E-state index in [1.807, 2.05) is 0 Å². The van der Waals surface area contributed by atoms with E-state index in [2.05, 4.69) is 20.9 Å². The molecule has 11 heteroatoms. The number of alkyl halides is 3. The molecule has 1 N–H and O–H groups in total. The standard InChI is InChI=1S/C23H22BrF4N3O3/c1-12-19(32)18(24)20(23(26,27)28)29-21-15(4-3-8-31(12)21)13-5-6-16(17(25)10-13)22(33)30-9-7-14(11-30)34-2/h3-6,8,10,12,14,19,32H,7,9,11H2,1-2H3/t12?,14-,19?/m1/s1. The average molecular weight is 544 g/mol. The van der Waals surface area contributed by atoms with Gasteiger partial charge in [0.15, 0.2) is 5.70 Å². The minimum atomic E-state index is -4.83. The molecular weight excluding hydrogens is 522 g/mol. The first-order chi connectivity index (χ1) is 16.0. The molecule has 2 unspecified atom stereocenters. The molecule has 3 atom stereocenters. The number of carbonyl (C=O) groups excluding carboxylic acids is 1. The Balaban J connectivity index is 1.71. The van der Waals surface area contributed by atoms with Gasteiger partial charge >= 0.3 is 6.18 Å². The molecule has 1 amide bonds. The Hall–Kier alpha value is -2.50. The van der Waals surface area contributed by atoms with Crippen LogP contribution in [0, 0.1) is 5.82 Å². The third-order valence-electron chi connectivity index (χ3n) is 6.14. The number of ether oxygens (including phenoxy) is 1. The predicted octanol–water partition coefficient (Wildman–Crippen LogP) is 4.23. The molecule has 3 aliphatic heterocycles. The number of rotatable bonds is 3. The van der Waals surface area contributed by atoms with Gasteiger partial charge < -0.3 is 19.6 Å². The Morgan fingerprint density at radius 3 is 2.68 bits per heavy atom. The number of hydrogen-bond donors (Lipinski definition) is 1. The number of hydrogen-bond acceptors (Lipinski definition) is 5. The minimum Gasteiger partial charge on any atom is -0.386 e. The smallest absolute Gasteiger partial charge is 0.386 e. The number of methoxy groups -OCH3 is 1. The van der Waals surface area contributed by atoms with Crippen LogP contribution in [0.15, 0.2) is 51.7 Å². The fraction of sp³-hybridized carbons (Fsp3) is 0.391. The fourth-order valence-corrected chi connectivity index (χ4v) is 4.88. The molecule has 34 heavy (non-hydrogen) atoms. The summed E-state index contributed by atoms with van der Waals surface area (Å²) >= 11 is 2.86. The van der Waals surface area contributed by atoms with E-state index in [0.717, 1.165) is 6.07 Å². The Kier molecular flexibility index (Phi) is 6.71. The zero-order valence-electron chi connectivity index (χ0n) is 18.3. The molecular formula is C23H22BrF4N3O3. The molecule has 3 aliphatic rings. The first kappa shape index (κ1) is 24.6. The number of carbonyl (C=O) groups is 1. The SMILES string of the molecule is CO[C@@H]1CCN(C(=O)c2ccc(C3=CC=CN4C3=NC(C(F)(F)F)=C(Br)C(O)C4C)cc2F)C1. The van der Waals surface area contributed by atoms with Crippen LogP contribution >= 0.6 is 15.9 Å². The maximum absolute atomic E-state index is 15.0. The summed E-state index contributed by atoms with van der Waals surface area (Å²) in [6.07, 6.45) is -1.16. The van der Waals surface area contributed by atoms with Crippen molar-refractivity contribution in [2.75, 3.05) is 20.2 Å². The largest absolute Gasteiger partial charge is 0.434 e. The van der Waals surface area contributed by atoms with Crippen LogP contribution in [-0.2, 0) is 4.74 Å². The number of likely N-dealkylation sites (tertiary alicyclic amines) is 1. The van der Waals surface area contributed by atoms with Crippen LogP contribution in [0.2, 0.25) is 0 Å². The van der Waals surface area contributed by atoms with Crippen molar-refractivity contribution in [3.05, 3.63) is 63.7 Å². The molecule has 4 rings (SSSR count). The van der Waals surface area contributed by atoms with Gasteiger partial charge in [-0.05, 0) is 43.2 Å². The lowest BCUT2D eigenvalue weighted by Crippen LogP contribution is -2.42. The van der Waals surface area contributed by atoms with Crippen molar-refractivity contribution in [2.24, 2.45) is 4.99 Å². The topological polar surface area (TPSA) is 65.4 Å². The number of aliphatic imine (C=N–C) groups is 1. The third kappa shape index (κ3) is 4.44. The van der Waals surface area contributed by atoms with Crippen molar-refractivity contribution < 1.29 is 32.2 Å². The number of amidine groups is 1. The molecule has 1 saturated heterocycles. The van der Waals surface area contributed by atoms with Crippen molar-refractivity contribution in [3.8, 4) is 0 Å². The van der Waals surface area contributed by atoms with Crippen molar-refractivity contribution >= 4 is 33.2 Å². The molecule has 3 heterocycles. The van der Waals surface area contributed by atoms with E-state index in [0.29, 0.717) is 19.5 Å². The van der Waals surface area contributed by atoms with Crippen LogP contribution in [0.5, 0.6) is 0 Å². The molecule has 1 aromatic carbocycles. The van der Waals surface area contributed by atoms with Crippen LogP contribution in [0.4, 0.5) is 17.6 Å². The molecule has 0 radical (unpaired) electrons. The Bertz CT molecular complexity index is 1130. The molecule has 182 valence electrons. The minimum absolute atomic E-state index is 0.0863. The summed E-state index contributed by atoms with van der Waals surface area (Å²) in [7, 11) is 1.55. The Labute approximate surface area is 202 Å². The summed E-state index contributed by atoms with van der Waals surface area (Å²) in [6, 6.07) is 3.12. The van der Waals surface area contributed by atoms with Gasteiger partial charge in [-0.1, -0.05) is 22.0 Å². The normalized spacial score (nSPS) is 25.2. The summed E-state index contributed by atoms with van der Waals surface area (Å²) < 4.78 is 60.9. The summed E-state index contributed by atoms with van der Waals surface area (Å²) in [5.41, 5.74) is -0.919. The molecule has 0 aromatic heterocycles.